The van der Waals surface area contributed by atoms with Gasteiger partial charge < -0.3 is 15.5 Å². The quantitative estimate of drug-likeness (QED) is 0.672. The molecule has 0 aromatic carbocycles. The third kappa shape index (κ3) is 4.96. The van der Waals surface area contributed by atoms with E-state index in [0.717, 1.165) is 12.6 Å². The van der Waals surface area contributed by atoms with Gasteiger partial charge in [0.25, 0.3) is 0 Å². The summed E-state index contributed by atoms with van der Waals surface area (Å²) in [4.78, 5) is 4.97. The molecular formula is C12H27N3. The highest BCUT2D eigenvalue weighted by atomic mass is 15.2. The molecule has 1 fully saturated rings. The molecule has 1 heterocycles. The topological polar surface area (TPSA) is 32.5 Å². The van der Waals surface area contributed by atoms with E-state index in [1.165, 1.54) is 51.7 Å². The molecule has 2 N–H and O–H groups in total. The lowest BCUT2D eigenvalue weighted by Gasteiger charge is -2.35. The second kappa shape index (κ2) is 7.20. The van der Waals surface area contributed by atoms with Gasteiger partial charge in [-0.15, -0.1) is 0 Å². The van der Waals surface area contributed by atoms with E-state index in [-0.39, 0.29) is 0 Å². The van der Waals surface area contributed by atoms with Crippen LogP contribution in [0, 0.1) is 0 Å². The first-order valence-electron chi connectivity index (χ1n) is 6.33. The zero-order chi connectivity index (χ0) is 11.1. The summed E-state index contributed by atoms with van der Waals surface area (Å²) in [7, 11) is 4.39. The Hall–Kier alpha value is -0.120. The molecule has 0 bridgehead atoms. The van der Waals surface area contributed by atoms with Gasteiger partial charge in [0.05, 0.1) is 0 Å². The lowest BCUT2D eigenvalue weighted by Crippen LogP contribution is -2.42. The van der Waals surface area contributed by atoms with E-state index in [0.29, 0.717) is 0 Å². The Labute approximate surface area is 94.6 Å². The van der Waals surface area contributed by atoms with Crippen LogP contribution < -0.4 is 5.73 Å². The number of nitrogens with two attached hydrogens (primary N) is 1. The molecular weight excluding hydrogens is 186 g/mol. The lowest BCUT2D eigenvalue weighted by atomic mass is 10.0. The van der Waals surface area contributed by atoms with Gasteiger partial charge in [0.1, 0.15) is 0 Å². The van der Waals surface area contributed by atoms with Crippen LogP contribution in [0.15, 0.2) is 0 Å². The maximum Gasteiger partial charge on any atom is 0.0113 e. The molecule has 15 heavy (non-hydrogen) atoms. The Morgan fingerprint density at radius 3 is 2.33 bits per heavy atom. The van der Waals surface area contributed by atoms with Crippen molar-refractivity contribution in [3.05, 3.63) is 0 Å². The molecule has 0 atom stereocenters. The van der Waals surface area contributed by atoms with Crippen LogP contribution >= 0.6 is 0 Å². The predicted octanol–water partition coefficient (Wildman–Crippen LogP) is 1.14. The Morgan fingerprint density at radius 1 is 1.13 bits per heavy atom. The van der Waals surface area contributed by atoms with Gasteiger partial charge in [0.2, 0.25) is 0 Å². The average molecular weight is 213 g/mol. The Bertz CT molecular complexity index is 151. The molecule has 0 saturated carbocycles. The first kappa shape index (κ1) is 12.9. The molecule has 1 rings (SSSR count). The third-order valence-corrected chi connectivity index (χ3v) is 3.47. The summed E-state index contributed by atoms with van der Waals surface area (Å²) in [5, 5.41) is 0. The van der Waals surface area contributed by atoms with Crippen LogP contribution in [0.3, 0.4) is 0 Å². The van der Waals surface area contributed by atoms with E-state index < -0.39 is 0 Å². The van der Waals surface area contributed by atoms with Crippen molar-refractivity contribution in [1.82, 2.24) is 9.80 Å². The van der Waals surface area contributed by atoms with Crippen LogP contribution in [0.25, 0.3) is 0 Å². The Balaban J connectivity index is 2.04. The molecule has 0 unspecified atom stereocenters. The van der Waals surface area contributed by atoms with Crippen LogP contribution in [0.2, 0.25) is 0 Å². The molecule has 3 nitrogen and oxygen atoms in total. The standard InChI is InChI=1S/C12H27N3/c1-14(2)12-6-10-15(11-7-12)9-5-3-4-8-13/h12H,3-11,13H2,1-2H3. The fraction of sp³-hybridized carbons (Fsp3) is 1.00. The molecule has 0 aliphatic carbocycles. The van der Waals surface area contributed by atoms with Crippen LogP contribution in [-0.4, -0.2) is 56.1 Å². The van der Waals surface area contributed by atoms with Gasteiger partial charge >= 0.3 is 0 Å². The van der Waals surface area contributed by atoms with Crippen molar-refractivity contribution < 1.29 is 0 Å². The number of unbranched alkanes of at least 4 members (excludes halogenated alkanes) is 2. The van der Waals surface area contributed by atoms with Crippen molar-refractivity contribution >= 4 is 0 Å². The minimum atomic E-state index is 0.810. The first-order valence-corrected chi connectivity index (χ1v) is 6.33. The van der Waals surface area contributed by atoms with Crippen molar-refractivity contribution in [1.29, 1.82) is 0 Å². The summed E-state index contributed by atoms with van der Waals surface area (Å²) in [6, 6.07) is 0.810. The fourth-order valence-electron chi connectivity index (χ4n) is 2.32. The molecule has 0 radical (unpaired) electrons. The Kier molecular flexibility index (Phi) is 6.22. The summed E-state index contributed by atoms with van der Waals surface area (Å²) in [5.41, 5.74) is 5.48. The van der Waals surface area contributed by atoms with Gasteiger partial charge in [-0.05, 0) is 66.0 Å². The Morgan fingerprint density at radius 2 is 1.80 bits per heavy atom. The van der Waals surface area contributed by atoms with Gasteiger partial charge in [0, 0.05) is 6.04 Å². The van der Waals surface area contributed by atoms with Crippen molar-refractivity contribution in [3.8, 4) is 0 Å². The number of hydrogen-bond donors (Lipinski definition) is 1. The summed E-state index contributed by atoms with van der Waals surface area (Å²) >= 11 is 0. The number of likely N-dealkylation sites (tertiary alicyclic amines) is 1. The van der Waals surface area contributed by atoms with Gasteiger partial charge in [-0.2, -0.15) is 0 Å². The molecule has 0 aromatic heterocycles. The number of rotatable bonds is 6. The van der Waals surface area contributed by atoms with E-state index in [2.05, 4.69) is 23.9 Å². The van der Waals surface area contributed by atoms with Gasteiger partial charge in [0.15, 0.2) is 0 Å². The van der Waals surface area contributed by atoms with E-state index in [9.17, 15) is 0 Å². The van der Waals surface area contributed by atoms with Gasteiger partial charge in [-0.25, -0.2) is 0 Å². The molecule has 90 valence electrons. The van der Waals surface area contributed by atoms with Crippen LogP contribution in [0.1, 0.15) is 32.1 Å². The zero-order valence-electron chi connectivity index (χ0n) is 10.4. The summed E-state index contributed by atoms with van der Waals surface area (Å²) in [6.07, 6.45) is 6.48. The monoisotopic (exact) mass is 213 g/mol. The highest BCUT2D eigenvalue weighted by Gasteiger charge is 2.19. The first-order chi connectivity index (χ1) is 7.24. The largest absolute Gasteiger partial charge is 0.330 e. The van der Waals surface area contributed by atoms with Crippen molar-refractivity contribution in [2.75, 3.05) is 40.3 Å². The molecule has 3 heteroatoms. The molecule has 1 aliphatic rings. The van der Waals surface area contributed by atoms with E-state index >= 15 is 0 Å². The second-order valence-corrected chi connectivity index (χ2v) is 4.89. The summed E-state index contributed by atoms with van der Waals surface area (Å²) < 4.78 is 0. The highest BCUT2D eigenvalue weighted by molar-refractivity contribution is 4.76. The SMILES string of the molecule is CN(C)C1CCN(CCCCCN)CC1. The highest BCUT2D eigenvalue weighted by Crippen LogP contribution is 2.14. The smallest absolute Gasteiger partial charge is 0.0113 e. The predicted molar refractivity (Wildman–Crippen MR) is 66.1 cm³/mol. The van der Waals surface area contributed by atoms with E-state index in [1.807, 2.05) is 0 Å². The van der Waals surface area contributed by atoms with Crippen molar-refractivity contribution in [2.24, 2.45) is 5.73 Å². The normalized spacial score (nSPS) is 20.0. The molecule has 0 amide bonds. The van der Waals surface area contributed by atoms with Gasteiger partial charge in [-0.1, -0.05) is 6.42 Å². The lowest BCUT2D eigenvalue weighted by molar-refractivity contribution is 0.143. The molecule has 1 saturated heterocycles. The van der Waals surface area contributed by atoms with E-state index in [4.69, 9.17) is 5.73 Å². The number of piperidine rings is 1. The van der Waals surface area contributed by atoms with Crippen molar-refractivity contribution in [3.63, 3.8) is 0 Å². The number of nitrogens with zero attached hydrogens (tertiary/aromatic N) is 2. The zero-order valence-corrected chi connectivity index (χ0v) is 10.4. The maximum absolute atomic E-state index is 5.48. The summed E-state index contributed by atoms with van der Waals surface area (Å²) in [5.74, 6) is 0. The number of hydrogen-bond acceptors (Lipinski definition) is 3. The fourth-order valence-corrected chi connectivity index (χ4v) is 2.32. The maximum atomic E-state index is 5.48. The molecule has 0 aromatic rings. The second-order valence-electron chi connectivity index (χ2n) is 4.89. The van der Waals surface area contributed by atoms with Crippen LogP contribution in [-0.2, 0) is 0 Å². The van der Waals surface area contributed by atoms with Crippen LogP contribution in [0.4, 0.5) is 0 Å². The third-order valence-electron chi connectivity index (χ3n) is 3.47. The van der Waals surface area contributed by atoms with Crippen molar-refractivity contribution in [2.45, 2.75) is 38.1 Å². The van der Waals surface area contributed by atoms with Crippen LogP contribution in [0.5, 0.6) is 0 Å². The minimum absolute atomic E-state index is 0.810. The van der Waals surface area contributed by atoms with Gasteiger partial charge in [-0.3, -0.25) is 0 Å². The molecule has 0 spiro atoms. The van der Waals surface area contributed by atoms with E-state index in [1.54, 1.807) is 0 Å². The molecule has 1 aliphatic heterocycles. The average Bonchev–Trinajstić information content (AvgIpc) is 2.25. The summed E-state index contributed by atoms with van der Waals surface area (Å²) in [6.45, 7) is 4.69. The minimum Gasteiger partial charge on any atom is -0.330 e.